The van der Waals surface area contributed by atoms with Gasteiger partial charge in [0.05, 0.1) is 6.61 Å². The maximum Gasteiger partial charge on any atom is 0.218 e. The van der Waals surface area contributed by atoms with Crippen molar-refractivity contribution in [1.82, 2.24) is 9.97 Å². The Morgan fingerprint density at radius 3 is 2.65 bits per heavy atom. The van der Waals surface area contributed by atoms with E-state index in [2.05, 4.69) is 60.3 Å². The average Bonchev–Trinajstić information content (AvgIpc) is 2.46. The quantitative estimate of drug-likeness (QED) is 0.869. The molecule has 0 saturated heterocycles. The second-order valence-electron chi connectivity index (χ2n) is 4.87. The van der Waals surface area contributed by atoms with Crippen molar-refractivity contribution in [3.8, 4) is 5.88 Å². The molecule has 1 heterocycles. The molecule has 1 aromatic heterocycles. The van der Waals surface area contributed by atoms with Gasteiger partial charge in [0.25, 0.3) is 0 Å². The number of ether oxygens (including phenoxy) is 1. The largest absolute Gasteiger partial charge is 0.478 e. The zero-order valence-electron chi connectivity index (χ0n) is 12.3. The van der Waals surface area contributed by atoms with Crippen LogP contribution in [0.5, 0.6) is 5.88 Å². The number of nitrogens with one attached hydrogen (secondary N) is 1. The Balaban J connectivity index is 2.03. The molecule has 0 spiro atoms. The van der Waals surface area contributed by atoms with Gasteiger partial charge in [0.15, 0.2) is 0 Å². The number of aromatic nitrogens is 2. The summed E-state index contributed by atoms with van der Waals surface area (Å²) in [6.07, 6.45) is 2.49. The van der Waals surface area contributed by atoms with E-state index in [0.717, 1.165) is 12.2 Å². The zero-order chi connectivity index (χ0) is 14.4. The summed E-state index contributed by atoms with van der Waals surface area (Å²) in [7, 11) is 0. The van der Waals surface area contributed by atoms with Crippen molar-refractivity contribution >= 4 is 5.82 Å². The Kier molecular flexibility index (Phi) is 4.93. The molecule has 0 aliphatic carbocycles. The van der Waals surface area contributed by atoms with Crippen LogP contribution in [0.4, 0.5) is 5.82 Å². The summed E-state index contributed by atoms with van der Waals surface area (Å²) in [4.78, 5) is 8.32. The van der Waals surface area contributed by atoms with Crippen molar-refractivity contribution in [3.05, 3.63) is 47.8 Å². The molecule has 1 aromatic carbocycles. The molecule has 2 rings (SSSR count). The summed E-state index contributed by atoms with van der Waals surface area (Å²) in [5, 5.41) is 3.36. The van der Waals surface area contributed by atoms with Gasteiger partial charge in [0.1, 0.15) is 12.1 Å². The van der Waals surface area contributed by atoms with Crippen LogP contribution in [0.1, 0.15) is 37.4 Å². The maximum absolute atomic E-state index is 5.51. The highest BCUT2D eigenvalue weighted by Crippen LogP contribution is 2.20. The van der Waals surface area contributed by atoms with Crippen LogP contribution in [-0.2, 0) is 0 Å². The van der Waals surface area contributed by atoms with Crippen molar-refractivity contribution in [2.45, 2.75) is 33.2 Å². The van der Waals surface area contributed by atoms with E-state index in [1.54, 1.807) is 0 Å². The second kappa shape index (κ2) is 6.89. The third-order valence-corrected chi connectivity index (χ3v) is 3.04. The van der Waals surface area contributed by atoms with Gasteiger partial charge in [-0.3, -0.25) is 0 Å². The lowest BCUT2D eigenvalue weighted by Gasteiger charge is -2.15. The van der Waals surface area contributed by atoms with Crippen molar-refractivity contribution in [2.75, 3.05) is 11.9 Å². The minimum Gasteiger partial charge on any atom is -0.478 e. The molecule has 0 bridgehead atoms. The van der Waals surface area contributed by atoms with Gasteiger partial charge in [-0.15, -0.1) is 0 Å². The summed E-state index contributed by atoms with van der Waals surface area (Å²) >= 11 is 0. The molecule has 0 aliphatic rings. The van der Waals surface area contributed by atoms with Gasteiger partial charge in [-0.25, -0.2) is 9.97 Å². The lowest BCUT2D eigenvalue weighted by molar-refractivity contribution is 0.305. The van der Waals surface area contributed by atoms with Gasteiger partial charge >= 0.3 is 0 Å². The zero-order valence-corrected chi connectivity index (χ0v) is 12.3. The number of nitrogens with zero attached hydrogens (tertiary/aromatic N) is 2. The van der Waals surface area contributed by atoms with E-state index in [0.29, 0.717) is 12.5 Å². The standard InChI is InChI=1S/C16H21N3O/c1-4-9-20-16-10-15(17-11-18-16)19-13(3)14-7-5-12(2)6-8-14/h5-8,10-11,13H,4,9H2,1-3H3,(H,17,18,19). The van der Waals surface area contributed by atoms with Crippen LogP contribution in [0, 0.1) is 6.92 Å². The lowest BCUT2D eigenvalue weighted by Crippen LogP contribution is -2.08. The van der Waals surface area contributed by atoms with E-state index in [1.165, 1.54) is 17.5 Å². The Bertz CT molecular complexity index is 540. The fraction of sp³-hybridized carbons (Fsp3) is 0.375. The molecular formula is C16H21N3O. The van der Waals surface area contributed by atoms with Gasteiger partial charge in [-0.1, -0.05) is 36.8 Å². The molecule has 0 aliphatic heterocycles. The number of rotatable bonds is 6. The Morgan fingerprint density at radius 2 is 1.95 bits per heavy atom. The van der Waals surface area contributed by atoms with E-state index in [4.69, 9.17) is 4.74 Å². The molecule has 4 nitrogen and oxygen atoms in total. The number of benzene rings is 1. The average molecular weight is 271 g/mol. The molecule has 2 aromatic rings. The predicted octanol–water partition coefficient (Wildman–Crippen LogP) is 3.75. The Labute approximate surface area is 120 Å². The first kappa shape index (κ1) is 14.3. The molecule has 0 radical (unpaired) electrons. The molecular weight excluding hydrogens is 250 g/mol. The van der Waals surface area contributed by atoms with Gasteiger partial charge in [0, 0.05) is 12.1 Å². The van der Waals surface area contributed by atoms with Crippen LogP contribution in [0.2, 0.25) is 0 Å². The van der Waals surface area contributed by atoms with Crippen LogP contribution in [0.3, 0.4) is 0 Å². The number of aryl methyl sites for hydroxylation is 1. The van der Waals surface area contributed by atoms with Gasteiger partial charge in [0.2, 0.25) is 5.88 Å². The van der Waals surface area contributed by atoms with E-state index in [-0.39, 0.29) is 6.04 Å². The second-order valence-corrected chi connectivity index (χ2v) is 4.87. The molecule has 0 fully saturated rings. The number of hydrogen-bond donors (Lipinski definition) is 1. The summed E-state index contributed by atoms with van der Waals surface area (Å²) < 4.78 is 5.51. The first-order valence-corrected chi connectivity index (χ1v) is 6.97. The topological polar surface area (TPSA) is 47.0 Å². The minimum absolute atomic E-state index is 0.185. The molecule has 1 unspecified atom stereocenters. The highest BCUT2D eigenvalue weighted by atomic mass is 16.5. The highest BCUT2D eigenvalue weighted by Gasteiger charge is 2.07. The number of anilines is 1. The molecule has 20 heavy (non-hydrogen) atoms. The van der Waals surface area contributed by atoms with Gasteiger partial charge in [-0.2, -0.15) is 0 Å². The maximum atomic E-state index is 5.51. The smallest absolute Gasteiger partial charge is 0.218 e. The molecule has 0 amide bonds. The lowest BCUT2D eigenvalue weighted by atomic mass is 10.1. The fourth-order valence-corrected chi connectivity index (χ4v) is 1.86. The van der Waals surface area contributed by atoms with Crippen molar-refractivity contribution < 1.29 is 4.74 Å². The predicted molar refractivity (Wildman–Crippen MR) is 81.0 cm³/mol. The van der Waals surface area contributed by atoms with Crippen LogP contribution < -0.4 is 10.1 Å². The van der Waals surface area contributed by atoms with Crippen molar-refractivity contribution in [3.63, 3.8) is 0 Å². The molecule has 106 valence electrons. The van der Waals surface area contributed by atoms with Gasteiger partial charge < -0.3 is 10.1 Å². The van der Waals surface area contributed by atoms with Crippen molar-refractivity contribution in [1.29, 1.82) is 0 Å². The summed E-state index contributed by atoms with van der Waals surface area (Å²) in [6, 6.07) is 10.5. The van der Waals surface area contributed by atoms with Crippen LogP contribution in [-0.4, -0.2) is 16.6 Å². The number of hydrogen-bond acceptors (Lipinski definition) is 4. The molecule has 0 saturated carbocycles. The van der Waals surface area contributed by atoms with Gasteiger partial charge in [-0.05, 0) is 25.8 Å². The van der Waals surface area contributed by atoms with E-state index in [1.807, 2.05) is 6.07 Å². The fourth-order valence-electron chi connectivity index (χ4n) is 1.86. The van der Waals surface area contributed by atoms with Crippen LogP contribution in [0.25, 0.3) is 0 Å². The molecule has 1 atom stereocenters. The minimum atomic E-state index is 0.185. The third kappa shape index (κ3) is 3.95. The van der Waals surface area contributed by atoms with E-state index in [9.17, 15) is 0 Å². The first-order valence-electron chi connectivity index (χ1n) is 6.97. The highest BCUT2D eigenvalue weighted by molar-refractivity contribution is 5.40. The Hall–Kier alpha value is -2.10. The SMILES string of the molecule is CCCOc1cc(NC(C)c2ccc(C)cc2)ncn1. The Morgan fingerprint density at radius 1 is 1.20 bits per heavy atom. The summed E-state index contributed by atoms with van der Waals surface area (Å²) in [6.45, 7) is 6.94. The molecule has 4 heteroatoms. The summed E-state index contributed by atoms with van der Waals surface area (Å²) in [5.41, 5.74) is 2.49. The molecule has 1 N–H and O–H groups in total. The van der Waals surface area contributed by atoms with Crippen LogP contribution in [0.15, 0.2) is 36.7 Å². The monoisotopic (exact) mass is 271 g/mol. The first-order chi connectivity index (χ1) is 9.69. The van der Waals surface area contributed by atoms with E-state index >= 15 is 0 Å². The summed E-state index contributed by atoms with van der Waals surface area (Å²) in [5.74, 6) is 1.39. The van der Waals surface area contributed by atoms with Crippen molar-refractivity contribution in [2.24, 2.45) is 0 Å². The van der Waals surface area contributed by atoms with E-state index < -0.39 is 0 Å². The third-order valence-electron chi connectivity index (χ3n) is 3.04. The van der Waals surface area contributed by atoms with Crippen LogP contribution >= 0.6 is 0 Å². The normalized spacial score (nSPS) is 11.9.